The number of nitrogens with zero attached hydrogens (tertiary/aromatic N) is 1. The molecule has 0 fully saturated rings. The van der Waals surface area contributed by atoms with Gasteiger partial charge in [-0.05, 0) is 48.9 Å². The van der Waals surface area contributed by atoms with Gasteiger partial charge in [0.2, 0.25) is 15.9 Å². The van der Waals surface area contributed by atoms with Crippen molar-refractivity contribution in [3.63, 3.8) is 0 Å². The zero-order valence-corrected chi connectivity index (χ0v) is 17.4. The number of sulfonamides is 1. The van der Waals surface area contributed by atoms with E-state index < -0.39 is 10.0 Å². The molecule has 0 atom stereocenters. The van der Waals surface area contributed by atoms with E-state index >= 15 is 0 Å². The second-order valence-corrected chi connectivity index (χ2v) is 7.99. The highest BCUT2D eigenvalue weighted by Gasteiger charge is 2.23. The summed E-state index contributed by atoms with van der Waals surface area (Å²) in [6, 6.07) is 11.5. The molecule has 0 spiro atoms. The van der Waals surface area contributed by atoms with Gasteiger partial charge in [0.05, 0.1) is 18.6 Å². The van der Waals surface area contributed by atoms with Gasteiger partial charge >= 0.3 is 0 Å². The van der Waals surface area contributed by atoms with Crippen LogP contribution >= 0.6 is 0 Å². The second kappa shape index (κ2) is 9.57. The highest BCUT2D eigenvalue weighted by atomic mass is 32.2. The van der Waals surface area contributed by atoms with Crippen molar-refractivity contribution in [3.05, 3.63) is 48.0 Å². The van der Waals surface area contributed by atoms with Gasteiger partial charge in [-0.2, -0.15) is 4.31 Å². The van der Waals surface area contributed by atoms with Crippen LogP contribution in [0.3, 0.4) is 0 Å². The molecule has 1 amide bonds. The minimum absolute atomic E-state index is 0.168. The van der Waals surface area contributed by atoms with Gasteiger partial charge in [-0.1, -0.05) is 13.0 Å². The van der Waals surface area contributed by atoms with Crippen molar-refractivity contribution < 1.29 is 22.7 Å². The van der Waals surface area contributed by atoms with Gasteiger partial charge in [0.1, 0.15) is 0 Å². The van der Waals surface area contributed by atoms with E-state index in [9.17, 15) is 13.2 Å². The molecule has 28 heavy (non-hydrogen) atoms. The minimum atomic E-state index is -3.69. The molecule has 0 aliphatic rings. The topological polar surface area (TPSA) is 84.9 Å². The quantitative estimate of drug-likeness (QED) is 0.691. The van der Waals surface area contributed by atoms with Crippen LogP contribution in [0.4, 0.5) is 5.69 Å². The number of benzene rings is 2. The molecular formula is C20H26N2O5S. The van der Waals surface area contributed by atoms with E-state index in [1.165, 1.54) is 23.4 Å². The summed E-state index contributed by atoms with van der Waals surface area (Å²) in [6.07, 6.45) is 0. The number of carbonyl (C=O) groups is 1. The molecule has 2 aromatic carbocycles. The summed E-state index contributed by atoms with van der Waals surface area (Å²) in [5, 5.41) is 2.62. The Morgan fingerprint density at radius 3 is 2.29 bits per heavy atom. The molecule has 2 aromatic rings. The van der Waals surface area contributed by atoms with Gasteiger partial charge in [0.15, 0.2) is 11.5 Å². The van der Waals surface area contributed by atoms with E-state index in [0.717, 1.165) is 5.56 Å². The second-order valence-electron chi connectivity index (χ2n) is 6.06. The maximum Gasteiger partial charge on any atom is 0.243 e. The predicted octanol–water partition coefficient (Wildman–Crippen LogP) is 3.26. The van der Waals surface area contributed by atoms with Crippen LogP contribution in [0.2, 0.25) is 0 Å². The maximum atomic E-state index is 13.0. The van der Waals surface area contributed by atoms with Gasteiger partial charge < -0.3 is 14.8 Å². The summed E-state index contributed by atoms with van der Waals surface area (Å²) >= 11 is 0. The van der Waals surface area contributed by atoms with Crippen LogP contribution in [0.15, 0.2) is 47.4 Å². The number of anilines is 1. The average molecular weight is 407 g/mol. The van der Waals surface area contributed by atoms with E-state index in [4.69, 9.17) is 9.47 Å². The normalized spacial score (nSPS) is 11.3. The SMILES string of the molecule is CCOc1ccc(CN(CC)S(=O)(=O)c2ccc(NC(C)=O)cc2)cc1OC. The molecule has 7 nitrogen and oxygen atoms in total. The van der Waals surface area contributed by atoms with E-state index in [1.54, 1.807) is 38.3 Å². The van der Waals surface area contributed by atoms with Crippen LogP contribution in [0, 0.1) is 0 Å². The number of rotatable bonds is 9. The Morgan fingerprint density at radius 2 is 1.75 bits per heavy atom. The van der Waals surface area contributed by atoms with E-state index in [1.807, 2.05) is 13.0 Å². The highest BCUT2D eigenvalue weighted by molar-refractivity contribution is 7.89. The lowest BCUT2D eigenvalue weighted by Crippen LogP contribution is -2.30. The van der Waals surface area contributed by atoms with Crippen LogP contribution in [-0.4, -0.2) is 38.9 Å². The Labute approximate surface area is 166 Å². The lowest BCUT2D eigenvalue weighted by atomic mass is 10.2. The first kappa shape index (κ1) is 21.7. The van der Waals surface area contributed by atoms with Gasteiger partial charge in [-0.15, -0.1) is 0 Å². The Bertz CT molecular complexity index is 911. The number of methoxy groups -OCH3 is 1. The summed E-state index contributed by atoms with van der Waals surface area (Å²) in [6.45, 7) is 6.10. The highest BCUT2D eigenvalue weighted by Crippen LogP contribution is 2.29. The molecular weight excluding hydrogens is 380 g/mol. The molecule has 0 aliphatic carbocycles. The number of amides is 1. The molecule has 2 rings (SSSR count). The fraction of sp³-hybridized carbons (Fsp3) is 0.350. The van der Waals surface area contributed by atoms with Crippen molar-refractivity contribution in [3.8, 4) is 11.5 Å². The first-order chi connectivity index (χ1) is 13.3. The Balaban J connectivity index is 2.25. The summed E-state index contributed by atoms with van der Waals surface area (Å²) in [4.78, 5) is 11.3. The number of ether oxygens (including phenoxy) is 2. The Kier molecular flexibility index (Phi) is 7.42. The summed E-state index contributed by atoms with van der Waals surface area (Å²) in [5.41, 5.74) is 1.34. The van der Waals surface area contributed by atoms with Gasteiger partial charge in [-0.25, -0.2) is 8.42 Å². The van der Waals surface area contributed by atoms with E-state index in [0.29, 0.717) is 30.3 Å². The predicted molar refractivity (Wildman–Crippen MR) is 108 cm³/mol. The molecule has 0 bridgehead atoms. The van der Waals surface area contributed by atoms with Crippen LogP contribution in [0.5, 0.6) is 11.5 Å². The average Bonchev–Trinajstić information content (AvgIpc) is 2.67. The smallest absolute Gasteiger partial charge is 0.243 e. The third kappa shape index (κ3) is 5.24. The van der Waals surface area contributed by atoms with Crippen molar-refractivity contribution in [2.24, 2.45) is 0 Å². The summed E-state index contributed by atoms with van der Waals surface area (Å²) in [5.74, 6) is 0.968. The molecule has 8 heteroatoms. The van der Waals surface area contributed by atoms with Crippen LogP contribution in [0.1, 0.15) is 26.3 Å². The fourth-order valence-corrected chi connectivity index (χ4v) is 4.16. The van der Waals surface area contributed by atoms with Crippen molar-refractivity contribution in [2.45, 2.75) is 32.2 Å². The molecule has 0 aliphatic heterocycles. The number of carbonyl (C=O) groups excluding carboxylic acids is 1. The summed E-state index contributed by atoms with van der Waals surface area (Å²) < 4.78 is 38.2. The maximum absolute atomic E-state index is 13.0. The summed E-state index contributed by atoms with van der Waals surface area (Å²) in [7, 11) is -2.14. The van der Waals surface area contributed by atoms with Crippen molar-refractivity contribution >= 4 is 21.6 Å². The molecule has 0 heterocycles. The molecule has 152 valence electrons. The van der Waals surface area contributed by atoms with E-state index in [2.05, 4.69) is 5.32 Å². The lowest BCUT2D eigenvalue weighted by Gasteiger charge is -2.21. The monoisotopic (exact) mass is 406 g/mol. The first-order valence-electron chi connectivity index (χ1n) is 8.99. The zero-order valence-electron chi connectivity index (χ0n) is 16.6. The first-order valence-corrected chi connectivity index (χ1v) is 10.4. The fourth-order valence-electron chi connectivity index (χ4n) is 2.72. The lowest BCUT2D eigenvalue weighted by molar-refractivity contribution is -0.114. The standard InChI is InChI=1S/C20H26N2O5S/c1-5-22(14-16-7-12-19(27-6-2)20(13-16)26-4)28(24,25)18-10-8-17(9-11-18)21-15(3)23/h7-13H,5-6,14H2,1-4H3,(H,21,23). The van der Waals surface area contributed by atoms with Gasteiger partial charge in [-0.3, -0.25) is 4.79 Å². The molecule has 0 unspecified atom stereocenters. The van der Waals surface area contributed by atoms with Crippen molar-refractivity contribution in [1.29, 1.82) is 0 Å². The molecule has 0 saturated carbocycles. The number of hydrogen-bond acceptors (Lipinski definition) is 5. The van der Waals surface area contributed by atoms with Gasteiger partial charge in [0.25, 0.3) is 0 Å². The van der Waals surface area contributed by atoms with Crippen molar-refractivity contribution in [2.75, 3.05) is 25.6 Å². The zero-order chi connectivity index (χ0) is 20.7. The largest absolute Gasteiger partial charge is 0.493 e. The molecule has 0 radical (unpaired) electrons. The Hall–Kier alpha value is -2.58. The number of hydrogen-bond donors (Lipinski definition) is 1. The third-order valence-corrected chi connectivity index (χ3v) is 5.99. The number of nitrogens with one attached hydrogen (secondary N) is 1. The van der Waals surface area contributed by atoms with Gasteiger partial charge in [0, 0.05) is 25.7 Å². The minimum Gasteiger partial charge on any atom is -0.493 e. The van der Waals surface area contributed by atoms with Crippen LogP contribution in [-0.2, 0) is 21.4 Å². The van der Waals surface area contributed by atoms with E-state index in [-0.39, 0.29) is 17.3 Å². The Morgan fingerprint density at radius 1 is 1.07 bits per heavy atom. The molecule has 1 N–H and O–H groups in total. The third-order valence-electron chi connectivity index (χ3n) is 4.05. The molecule has 0 saturated heterocycles. The van der Waals surface area contributed by atoms with Crippen LogP contribution < -0.4 is 14.8 Å². The molecule has 0 aromatic heterocycles. The van der Waals surface area contributed by atoms with Crippen molar-refractivity contribution in [1.82, 2.24) is 4.31 Å². The van der Waals surface area contributed by atoms with Crippen LogP contribution in [0.25, 0.3) is 0 Å².